The summed E-state index contributed by atoms with van der Waals surface area (Å²) in [4.78, 5) is 29.7. The van der Waals surface area contributed by atoms with Gasteiger partial charge in [0, 0.05) is 17.3 Å². The maximum Gasteiger partial charge on any atom is 0.249 e. The van der Waals surface area contributed by atoms with Gasteiger partial charge in [0.15, 0.2) is 0 Å². The molecule has 0 bridgehead atoms. The van der Waals surface area contributed by atoms with E-state index in [0.29, 0.717) is 33.7 Å². The number of anilines is 1. The van der Waals surface area contributed by atoms with Gasteiger partial charge >= 0.3 is 0 Å². The van der Waals surface area contributed by atoms with Gasteiger partial charge in [0.05, 0.1) is 19.7 Å². The topological polar surface area (TPSA) is 98.6 Å². The second-order valence-corrected chi connectivity index (χ2v) is 9.93. The lowest BCUT2D eigenvalue weighted by Gasteiger charge is -2.33. The van der Waals surface area contributed by atoms with Gasteiger partial charge in [-0.3, -0.25) is 14.5 Å². The average Bonchev–Trinajstić information content (AvgIpc) is 3.63. The van der Waals surface area contributed by atoms with Crippen LogP contribution in [0.15, 0.2) is 60.7 Å². The van der Waals surface area contributed by atoms with E-state index in [-0.39, 0.29) is 18.3 Å². The summed E-state index contributed by atoms with van der Waals surface area (Å²) in [7, 11) is 3.02. The monoisotopic (exact) mass is 545 g/mol. The first kappa shape index (κ1) is 27.1. The number of halogens is 1. The first-order chi connectivity index (χ1) is 19.4. The fourth-order valence-corrected chi connectivity index (χ4v) is 5.21. The molecule has 2 amide bonds. The molecule has 208 valence electrons. The predicted octanol–water partition coefficient (Wildman–Crippen LogP) is 4.73. The Kier molecular flexibility index (Phi) is 7.95. The van der Waals surface area contributed by atoms with Gasteiger partial charge in [-0.05, 0) is 67.8 Å². The molecule has 5 rings (SSSR count). The molecule has 1 heterocycles. The minimum Gasteiger partial charge on any atom is -0.497 e. The summed E-state index contributed by atoms with van der Waals surface area (Å²) in [5, 5.41) is 11.4. The van der Waals surface area contributed by atoms with Gasteiger partial charge in [0.25, 0.3) is 0 Å². The van der Waals surface area contributed by atoms with Crippen LogP contribution in [0.2, 0.25) is 0 Å². The number of ether oxygens (including phenoxy) is 2. The molecule has 10 heteroatoms. The molecule has 0 saturated heterocycles. The Balaban J connectivity index is 1.65. The molecule has 1 aliphatic rings. The lowest BCUT2D eigenvalue weighted by Crippen LogP contribution is -2.47. The fraction of sp³-hybridized carbons (Fsp3) is 0.333. The Morgan fingerprint density at radius 2 is 1.85 bits per heavy atom. The lowest BCUT2D eigenvalue weighted by atomic mass is 10.00. The minimum atomic E-state index is -1.19. The number of carbonyl (C=O) groups is 2. The number of para-hydroxylation sites is 1. The fourth-order valence-electron chi connectivity index (χ4n) is 5.21. The van der Waals surface area contributed by atoms with Crippen LogP contribution in [-0.4, -0.2) is 47.1 Å². The Hall–Kier alpha value is -4.47. The average molecular weight is 546 g/mol. The molecule has 1 atom stereocenters. The molecule has 0 unspecified atom stereocenters. The number of hydrogen-bond acceptors (Lipinski definition) is 6. The van der Waals surface area contributed by atoms with E-state index < -0.39 is 23.7 Å². The van der Waals surface area contributed by atoms with Crippen LogP contribution in [-0.2, 0) is 16.1 Å². The third-order valence-corrected chi connectivity index (χ3v) is 7.35. The Labute approximate surface area is 231 Å². The highest BCUT2D eigenvalue weighted by Gasteiger charge is 2.37. The SMILES string of the molecule is COc1ccc(OC)c([C@H](C(=O)NC2CCCC2)N(C(=O)Cn2nnc3ccccc32)c2ccc(C)c(F)c2)c1. The third-order valence-electron chi connectivity index (χ3n) is 7.35. The number of benzene rings is 3. The molecule has 0 aliphatic heterocycles. The van der Waals surface area contributed by atoms with Crippen LogP contribution in [0.4, 0.5) is 10.1 Å². The van der Waals surface area contributed by atoms with Crippen LogP contribution in [0.5, 0.6) is 11.5 Å². The Bertz CT molecular complexity index is 1530. The van der Waals surface area contributed by atoms with Crippen LogP contribution in [0.3, 0.4) is 0 Å². The number of carbonyl (C=O) groups excluding carboxylic acids is 2. The van der Waals surface area contributed by atoms with Gasteiger partial charge in [-0.15, -0.1) is 5.10 Å². The number of nitrogens with one attached hydrogen (secondary N) is 1. The van der Waals surface area contributed by atoms with Gasteiger partial charge in [-0.1, -0.05) is 36.3 Å². The Morgan fingerprint density at radius 3 is 2.58 bits per heavy atom. The summed E-state index contributed by atoms with van der Waals surface area (Å²) < 4.78 is 27.5. The number of amides is 2. The first-order valence-electron chi connectivity index (χ1n) is 13.3. The zero-order valence-electron chi connectivity index (χ0n) is 22.8. The minimum absolute atomic E-state index is 0.0161. The zero-order valence-corrected chi connectivity index (χ0v) is 22.8. The third kappa shape index (κ3) is 5.47. The quantitative estimate of drug-likeness (QED) is 0.327. The van der Waals surface area contributed by atoms with Gasteiger partial charge in [-0.25, -0.2) is 9.07 Å². The van der Waals surface area contributed by atoms with Crippen molar-refractivity contribution >= 4 is 28.5 Å². The molecule has 1 N–H and O–H groups in total. The summed E-state index contributed by atoms with van der Waals surface area (Å²) >= 11 is 0. The van der Waals surface area contributed by atoms with Crippen molar-refractivity contribution in [2.24, 2.45) is 0 Å². The van der Waals surface area contributed by atoms with Crippen molar-refractivity contribution < 1.29 is 23.5 Å². The summed E-state index contributed by atoms with van der Waals surface area (Å²) in [5.41, 5.74) is 2.36. The summed E-state index contributed by atoms with van der Waals surface area (Å²) in [6.07, 6.45) is 3.74. The molecule has 0 spiro atoms. The number of aryl methyl sites for hydroxylation is 1. The van der Waals surface area contributed by atoms with E-state index >= 15 is 0 Å². The number of aromatic nitrogens is 3. The van der Waals surface area contributed by atoms with Gasteiger partial charge in [0.2, 0.25) is 11.8 Å². The molecular formula is C30H32FN5O4. The molecule has 1 aliphatic carbocycles. The number of fused-ring (bicyclic) bond motifs is 1. The molecule has 0 radical (unpaired) electrons. The van der Waals surface area contributed by atoms with E-state index in [0.717, 1.165) is 25.7 Å². The van der Waals surface area contributed by atoms with Crippen molar-refractivity contribution in [2.45, 2.75) is 51.2 Å². The summed E-state index contributed by atoms with van der Waals surface area (Å²) in [5.74, 6) is -0.483. The van der Waals surface area contributed by atoms with Gasteiger partial charge in [-0.2, -0.15) is 0 Å². The number of nitrogens with zero attached hydrogens (tertiary/aromatic N) is 4. The smallest absolute Gasteiger partial charge is 0.249 e. The van der Waals surface area contributed by atoms with Gasteiger partial charge < -0.3 is 14.8 Å². The maximum absolute atomic E-state index is 14.9. The highest BCUT2D eigenvalue weighted by atomic mass is 19.1. The molecule has 40 heavy (non-hydrogen) atoms. The maximum atomic E-state index is 14.9. The van der Waals surface area contributed by atoms with Crippen molar-refractivity contribution in [3.8, 4) is 11.5 Å². The standard InChI is InChI=1S/C30H32FN5O4/c1-19-12-13-21(16-24(19)31)36(28(37)18-35-26-11-7-6-10-25(26)33-34-35)29(30(38)32-20-8-4-5-9-20)23-17-22(39-2)14-15-27(23)40-3/h6-7,10-17,20,29H,4-5,8-9,18H2,1-3H3,(H,32,38)/t29-/m1/s1. The van der Waals surface area contributed by atoms with Crippen LogP contribution in [0.25, 0.3) is 11.0 Å². The number of methoxy groups -OCH3 is 2. The normalized spacial score (nSPS) is 14.2. The Morgan fingerprint density at radius 1 is 1.07 bits per heavy atom. The highest BCUT2D eigenvalue weighted by molar-refractivity contribution is 6.02. The molecule has 4 aromatic rings. The van der Waals surface area contributed by atoms with E-state index in [1.54, 1.807) is 43.3 Å². The number of rotatable bonds is 9. The molecule has 9 nitrogen and oxygen atoms in total. The van der Waals surface area contributed by atoms with Crippen LogP contribution in [0.1, 0.15) is 42.9 Å². The van der Waals surface area contributed by atoms with Crippen molar-refractivity contribution in [3.05, 3.63) is 77.6 Å². The highest BCUT2D eigenvalue weighted by Crippen LogP contribution is 2.37. The van der Waals surface area contributed by atoms with E-state index in [1.807, 2.05) is 18.2 Å². The second-order valence-electron chi connectivity index (χ2n) is 9.93. The summed E-state index contributed by atoms with van der Waals surface area (Å²) in [6.45, 7) is 1.41. The van der Waals surface area contributed by atoms with Crippen molar-refractivity contribution in [1.29, 1.82) is 0 Å². The van der Waals surface area contributed by atoms with Crippen molar-refractivity contribution in [1.82, 2.24) is 20.3 Å². The lowest BCUT2D eigenvalue weighted by molar-refractivity contribution is -0.127. The van der Waals surface area contributed by atoms with Crippen LogP contribution < -0.4 is 19.7 Å². The van der Waals surface area contributed by atoms with E-state index in [2.05, 4.69) is 15.6 Å². The van der Waals surface area contributed by atoms with Gasteiger partial charge in [0.1, 0.15) is 35.4 Å². The van der Waals surface area contributed by atoms with Crippen LogP contribution in [0, 0.1) is 12.7 Å². The predicted molar refractivity (Wildman–Crippen MR) is 149 cm³/mol. The molecule has 3 aromatic carbocycles. The number of hydrogen-bond donors (Lipinski definition) is 1. The molecule has 1 saturated carbocycles. The summed E-state index contributed by atoms with van der Waals surface area (Å²) in [6, 6.07) is 15.7. The van der Waals surface area contributed by atoms with E-state index in [1.165, 1.54) is 29.9 Å². The zero-order chi connectivity index (χ0) is 28.2. The van der Waals surface area contributed by atoms with Crippen LogP contribution >= 0.6 is 0 Å². The van der Waals surface area contributed by atoms with E-state index in [9.17, 15) is 14.0 Å². The largest absolute Gasteiger partial charge is 0.497 e. The molecule has 1 aromatic heterocycles. The van der Waals surface area contributed by atoms with Crippen molar-refractivity contribution in [2.75, 3.05) is 19.1 Å². The first-order valence-corrected chi connectivity index (χ1v) is 13.3. The molecular weight excluding hydrogens is 513 g/mol. The molecule has 1 fully saturated rings. The second kappa shape index (κ2) is 11.7. The van der Waals surface area contributed by atoms with E-state index in [4.69, 9.17) is 9.47 Å². The van der Waals surface area contributed by atoms with Crippen molar-refractivity contribution in [3.63, 3.8) is 0 Å².